The van der Waals surface area contributed by atoms with Gasteiger partial charge in [0.25, 0.3) is 0 Å². The molecule has 0 spiro atoms. The molecule has 1 aliphatic heterocycles. The van der Waals surface area contributed by atoms with E-state index in [1.807, 2.05) is 32.3 Å². The van der Waals surface area contributed by atoms with Crippen molar-refractivity contribution in [1.82, 2.24) is 20.1 Å². The third kappa shape index (κ3) is 2.22. The molecule has 0 unspecified atom stereocenters. The fourth-order valence-electron chi connectivity index (χ4n) is 3.68. The number of benzene rings is 1. The van der Waals surface area contributed by atoms with Crippen LogP contribution in [-0.4, -0.2) is 33.9 Å². The number of aromatic nitrogens is 3. The predicted octanol–water partition coefficient (Wildman–Crippen LogP) is 1.99. The van der Waals surface area contributed by atoms with Gasteiger partial charge in [0, 0.05) is 41.8 Å². The Hall–Kier alpha value is -2.60. The van der Waals surface area contributed by atoms with Crippen molar-refractivity contribution in [3.63, 3.8) is 0 Å². The number of para-hydroxylation sites is 1. The Bertz CT molecular complexity index is 924. The monoisotopic (exact) mass is 324 g/mol. The van der Waals surface area contributed by atoms with Crippen LogP contribution in [0, 0.1) is 6.92 Å². The van der Waals surface area contributed by atoms with Crippen LogP contribution in [0.1, 0.15) is 28.6 Å². The molecule has 3 aromatic rings. The molecule has 2 aromatic heterocycles. The summed E-state index contributed by atoms with van der Waals surface area (Å²) in [6.07, 6.45) is 2.61. The standard InChI is InChI=1S/C18H20N4O2/c1-10-13(9-22(2)21-10)17-16-12(8-15(20-17)18(23)24-3)11-6-4-5-7-14(11)19-16/h4-7,9,15,17,19-20H,8H2,1-3H3/t15-,17+/m1/s1. The summed E-state index contributed by atoms with van der Waals surface area (Å²) in [6, 6.07) is 7.71. The van der Waals surface area contributed by atoms with Gasteiger partial charge in [0.1, 0.15) is 6.04 Å². The largest absolute Gasteiger partial charge is 0.468 e. The topological polar surface area (TPSA) is 71.9 Å². The maximum Gasteiger partial charge on any atom is 0.323 e. The summed E-state index contributed by atoms with van der Waals surface area (Å²) in [6.45, 7) is 1.99. The van der Waals surface area contributed by atoms with E-state index in [4.69, 9.17) is 4.74 Å². The fourth-order valence-corrected chi connectivity index (χ4v) is 3.68. The lowest BCUT2D eigenvalue weighted by Gasteiger charge is -2.29. The zero-order valence-electron chi connectivity index (χ0n) is 14.0. The number of rotatable bonds is 2. The number of fused-ring (bicyclic) bond motifs is 3. The Morgan fingerprint density at radius 1 is 1.38 bits per heavy atom. The first-order valence-corrected chi connectivity index (χ1v) is 8.02. The van der Waals surface area contributed by atoms with Crippen molar-refractivity contribution in [3.05, 3.63) is 53.0 Å². The molecule has 0 saturated heterocycles. The number of ether oxygens (including phenoxy) is 1. The van der Waals surface area contributed by atoms with Crippen molar-refractivity contribution >= 4 is 16.9 Å². The van der Waals surface area contributed by atoms with Gasteiger partial charge in [-0.15, -0.1) is 0 Å². The van der Waals surface area contributed by atoms with Gasteiger partial charge in [-0.3, -0.25) is 14.8 Å². The minimum absolute atomic E-state index is 0.112. The summed E-state index contributed by atoms with van der Waals surface area (Å²) >= 11 is 0. The van der Waals surface area contributed by atoms with Crippen molar-refractivity contribution in [2.45, 2.75) is 25.4 Å². The van der Waals surface area contributed by atoms with E-state index in [2.05, 4.69) is 27.5 Å². The van der Waals surface area contributed by atoms with Gasteiger partial charge in [-0.05, 0) is 18.6 Å². The molecule has 6 nitrogen and oxygen atoms in total. The van der Waals surface area contributed by atoms with E-state index in [9.17, 15) is 4.79 Å². The number of carbonyl (C=O) groups excluding carboxylic acids is 1. The maximum absolute atomic E-state index is 12.2. The maximum atomic E-state index is 12.2. The summed E-state index contributed by atoms with van der Waals surface area (Å²) < 4.78 is 6.78. The first-order valence-electron chi connectivity index (χ1n) is 8.02. The predicted molar refractivity (Wildman–Crippen MR) is 90.7 cm³/mol. The molecule has 3 heterocycles. The van der Waals surface area contributed by atoms with Crippen LogP contribution < -0.4 is 5.32 Å². The van der Waals surface area contributed by atoms with E-state index in [0.717, 1.165) is 27.9 Å². The van der Waals surface area contributed by atoms with Crippen LogP contribution in [0.15, 0.2) is 30.5 Å². The quantitative estimate of drug-likeness (QED) is 0.707. The van der Waals surface area contributed by atoms with Crippen LogP contribution in [0.2, 0.25) is 0 Å². The molecule has 2 atom stereocenters. The normalized spacial score (nSPS) is 20.1. The Morgan fingerprint density at radius 2 is 2.17 bits per heavy atom. The number of nitrogens with one attached hydrogen (secondary N) is 2. The number of esters is 1. The van der Waals surface area contributed by atoms with E-state index in [-0.39, 0.29) is 18.1 Å². The van der Waals surface area contributed by atoms with Crippen LogP contribution in [0.25, 0.3) is 10.9 Å². The highest BCUT2D eigenvalue weighted by atomic mass is 16.5. The minimum atomic E-state index is -0.369. The van der Waals surface area contributed by atoms with Gasteiger partial charge in [-0.1, -0.05) is 18.2 Å². The smallest absolute Gasteiger partial charge is 0.323 e. The van der Waals surface area contributed by atoms with Crippen LogP contribution >= 0.6 is 0 Å². The molecule has 0 radical (unpaired) electrons. The van der Waals surface area contributed by atoms with E-state index in [1.54, 1.807) is 4.68 Å². The third-order valence-electron chi connectivity index (χ3n) is 4.76. The molecule has 6 heteroatoms. The Kier molecular flexibility index (Phi) is 3.42. The van der Waals surface area contributed by atoms with Crippen molar-refractivity contribution in [1.29, 1.82) is 0 Å². The molecular weight excluding hydrogens is 304 g/mol. The number of hydrogen-bond acceptors (Lipinski definition) is 4. The van der Waals surface area contributed by atoms with Crippen LogP contribution in [0.4, 0.5) is 0 Å². The summed E-state index contributed by atoms with van der Waals surface area (Å²) in [5, 5.41) is 9.04. The first-order chi connectivity index (χ1) is 11.6. The molecule has 0 saturated carbocycles. The SMILES string of the molecule is COC(=O)[C@H]1Cc2c([nH]c3ccccc23)[C@H](c2cn(C)nc2C)N1. The van der Waals surface area contributed by atoms with Gasteiger partial charge in [-0.2, -0.15) is 5.10 Å². The summed E-state index contributed by atoms with van der Waals surface area (Å²) in [5.41, 5.74) is 5.38. The zero-order chi connectivity index (χ0) is 16.8. The highest BCUT2D eigenvalue weighted by Crippen LogP contribution is 2.36. The second kappa shape index (κ2) is 5.49. The Morgan fingerprint density at radius 3 is 2.88 bits per heavy atom. The van der Waals surface area contributed by atoms with E-state index >= 15 is 0 Å². The van der Waals surface area contributed by atoms with Gasteiger partial charge in [0.2, 0.25) is 0 Å². The lowest BCUT2D eigenvalue weighted by atomic mass is 9.90. The Balaban J connectivity index is 1.90. The molecule has 0 amide bonds. The Labute approximate surface area is 139 Å². The molecule has 0 aliphatic carbocycles. The van der Waals surface area contributed by atoms with Gasteiger partial charge in [0.15, 0.2) is 0 Å². The minimum Gasteiger partial charge on any atom is -0.468 e. The van der Waals surface area contributed by atoms with Crippen molar-refractivity contribution in [2.75, 3.05) is 7.11 Å². The molecule has 24 heavy (non-hydrogen) atoms. The van der Waals surface area contributed by atoms with Gasteiger partial charge >= 0.3 is 5.97 Å². The molecule has 1 aromatic carbocycles. The van der Waals surface area contributed by atoms with Gasteiger partial charge < -0.3 is 9.72 Å². The van der Waals surface area contributed by atoms with E-state index in [0.29, 0.717) is 6.42 Å². The summed E-state index contributed by atoms with van der Waals surface area (Å²) in [4.78, 5) is 15.7. The lowest BCUT2D eigenvalue weighted by Crippen LogP contribution is -2.45. The molecule has 2 N–H and O–H groups in total. The second-order valence-corrected chi connectivity index (χ2v) is 6.29. The number of carbonyl (C=O) groups is 1. The van der Waals surface area contributed by atoms with E-state index < -0.39 is 0 Å². The van der Waals surface area contributed by atoms with Crippen molar-refractivity contribution in [3.8, 4) is 0 Å². The molecule has 0 bridgehead atoms. The first kappa shape index (κ1) is 15.0. The van der Waals surface area contributed by atoms with Gasteiger partial charge in [0.05, 0.1) is 18.8 Å². The second-order valence-electron chi connectivity index (χ2n) is 6.29. The van der Waals surface area contributed by atoms with Crippen molar-refractivity contribution < 1.29 is 9.53 Å². The number of H-pyrrole nitrogens is 1. The highest BCUT2D eigenvalue weighted by Gasteiger charge is 2.35. The van der Waals surface area contributed by atoms with Crippen LogP contribution in [-0.2, 0) is 23.0 Å². The van der Waals surface area contributed by atoms with Crippen LogP contribution in [0.3, 0.4) is 0 Å². The van der Waals surface area contributed by atoms with Gasteiger partial charge in [-0.25, -0.2) is 0 Å². The fraction of sp³-hybridized carbons (Fsp3) is 0.333. The van der Waals surface area contributed by atoms with E-state index in [1.165, 1.54) is 12.7 Å². The third-order valence-corrected chi connectivity index (χ3v) is 4.76. The number of nitrogens with zero attached hydrogens (tertiary/aromatic N) is 2. The summed E-state index contributed by atoms with van der Waals surface area (Å²) in [5.74, 6) is -0.238. The number of aromatic amines is 1. The summed E-state index contributed by atoms with van der Waals surface area (Å²) in [7, 11) is 3.34. The zero-order valence-corrected chi connectivity index (χ0v) is 14.0. The number of aryl methyl sites for hydroxylation is 2. The molecule has 0 fully saturated rings. The molecule has 124 valence electrons. The van der Waals surface area contributed by atoms with Crippen LogP contribution in [0.5, 0.6) is 0 Å². The number of hydrogen-bond donors (Lipinski definition) is 2. The average Bonchev–Trinajstić information content (AvgIpc) is 3.12. The highest BCUT2D eigenvalue weighted by molar-refractivity contribution is 5.87. The average molecular weight is 324 g/mol. The molecular formula is C18H20N4O2. The van der Waals surface area contributed by atoms with Crippen molar-refractivity contribution in [2.24, 2.45) is 7.05 Å². The lowest BCUT2D eigenvalue weighted by molar-refractivity contribution is -0.143. The number of methoxy groups -OCH3 is 1. The molecule has 1 aliphatic rings. The molecule has 4 rings (SSSR count).